The van der Waals surface area contributed by atoms with Gasteiger partial charge in [0.15, 0.2) is 0 Å². The van der Waals surface area contributed by atoms with Crippen LogP contribution in [0.4, 0.5) is 0 Å². The zero-order valence-corrected chi connectivity index (χ0v) is 12.4. The summed E-state index contributed by atoms with van der Waals surface area (Å²) in [5.74, 6) is 1.33. The Balaban J connectivity index is 1.82. The van der Waals surface area contributed by atoms with Gasteiger partial charge < -0.3 is 5.43 Å². The van der Waals surface area contributed by atoms with E-state index in [0.29, 0.717) is 5.92 Å². The van der Waals surface area contributed by atoms with Crippen molar-refractivity contribution in [2.24, 2.45) is 16.9 Å². The second-order valence-corrected chi connectivity index (χ2v) is 6.26. The maximum atomic E-state index is 4.53. The van der Waals surface area contributed by atoms with E-state index in [-0.39, 0.29) is 0 Å². The first kappa shape index (κ1) is 12.2. The summed E-state index contributed by atoms with van der Waals surface area (Å²) in [5.41, 5.74) is 5.73. The van der Waals surface area contributed by atoms with Gasteiger partial charge in [-0.2, -0.15) is 5.10 Å². The Morgan fingerprint density at radius 2 is 2.00 bits per heavy atom. The smallest absolute Gasteiger partial charge is 0.0727 e. The van der Waals surface area contributed by atoms with Gasteiger partial charge in [0.2, 0.25) is 0 Å². The van der Waals surface area contributed by atoms with Crippen LogP contribution in [0.25, 0.3) is 0 Å². The lowest BCUT2D eigenvalue weighted by atomic mass is 9.79. The third-order valence-electron chi connectivity index (χ3n) is 3.88. The highest BCUT2D eigenvalue weighted by atomic mass is 127. The monoisotopic (exact) mass is 352 g/mol. The molecule has 94 valence electrons. The predicted molar refractivity (Wildman–Crippen MR) is 83.7 cm³/mol. The number of allylic oxidation sites excluding steroid dienone is 2. The predicted octanol–water partition coefficient (Wildman–Crippen LogP) is 3.57. The fourth-order valence-electron chi connectivity index (χ4n) is 2.88. The summed E-state index contributed by atoms with van der Waals surface area (Å²) in [6.07, 6.45) is 8.36. The van der Waals surface area contributed by atoms with E-state index >= 15 is 0 Å². The Morgan fingerprint density at radius 3 is 2.72 bits per heavy atom. The summed E-state index contributed by atoms with van der Waals surface area (Å²) < 4.78 is 1.28. The molecule has 0 aromatic heterocycles. The van der Waals surface area contributed by atoms with Crippen molar-refractivity contribution in [2.45, 2.75) is 19.3 Å². The van der Waals surface area contributed by atoms with Crippen LogP contribution in [-0.2, 0) is 0 Å². The van der Waals surface area contributed by atoms with Crippen molar-refractivity contribution in [3.63, 3.8) is 0 Å². The quantitative estimate of drug-likeness (QED) is 0.639. The Kier molecular flexibility index (Phi) is 3.68. The van der Waals surface area contributed by atoms with Gasteiger partial charge in [-0.1, -0.05) is 24.3 Å². The van der Waals surface area contributed by atoms with Gasteiger partial charge in [0, 0.05) is 16.0 Å². The van der Waals surface area contributed by atoms with E-state index in [1.54, 1.807) is 0 Å². The topological polar surface area (TPSA) is 24.4 Å². The first-order valence-corrected chi connectivity index (χ1v) is 7.64. The molecule has 1 aromatic carbocycles. The Labute approximate surface area is 122 Å². The molecule has 0 saturated carbocycles. The summed E-state index contributed by atoms with van der Waals surface area (Å²) in [6, 6.07) is 8.71. The molecule has 2 unspecified atom stereocenters. The van der Waals surface area contributed by atoms with Gasteiger partial charge in [0.05, 0.1) is 5.71 Å². The number of hydrogen-bond acceptors (Lipinski definition) is 2. The van der Waals surface area contributed by atoms with E-state index in [1.807, 2.05) is 0 Å². The minimum absolute atomic E-state index is 0.579. The molecule has 0 bridgehead atoms. The van der Waals surface area contributed by atoms with Crippen LogP contribution in [0.1, 0.15) is 24.8 Å². The van der Waals surface area contributed by atoms with Crippen molar-refractivity contribution in [2.75, 3.05) is 6.54 Å². The summed E-state index contributed by atoms with van der Waals surface area (Å²) in [4.78, 5) is 0. The average Bonchev–Trinajstić information content (AvgIpc) is 2.90. The molecule has 1 aromatic rings. The maximum absolute atomic E-state index is 4.53. The summed E-state index contributed by atoms with van der Waals surface area (Å²) >= 11 is 2.34. The molecule has 0 fully saturated rings. The molecule has 1 N–H and O–H groups in total. The fraction of sp³-hybridized carbons (Fsp3) is 0.400. The molecule has 0 spiro atoms. The van der Waals surface area contributed by atoms with Gasteiger partial charge in [0.1, 0.15) is 0 Å². The number of hydrazone groups is 1. The van der Waals surface area contributed by atoms with Crippen LogP contribution in [0.3, 0.4) is 0 Å². The van der Waals surface area contributed by atoms with Crippen LogP contribution in [-0.4, -0.2) is 12.3 Å². The van der Waals surface area contributed by atoms with Gasteiger partial charge in [0.25, 0.3) is 0 Å². The van der Waals surface area contributed by atoms with Crippen LogP contribution < -0.4 is 5.43 Å². The lowest BCUT2D eigenvalue weighted by Crippen LogP contribution is -2.26. The average molecular weight is 352 g/mol. The van der Waals surface area contributed by atoms with Crippen LogP contribution >= 0.6 is 22.6 Å². The van der Waals surface area contributed by atoms with Crippen LogP contribution in [0.15, 0.2) is 41.5 Å². The Hall–Kier alpha value is -0.840. The minimum atomic E-state index is 0.579. The molecular weight excluding hydrogens is 335 g/mol. The van der Waals surface area contributed by atoms with Crippen molar-refractivity contribution in [1.29, 1.82) is 0 Å². The molecule has 2 atom stereocenters. The lowest BCUT2D eigenvalue weighted by molar-refractivity contribution is 0.388. The molecule has 2 aliphatic rings. The van der Waals surface area contributed by atoms with Crippen molar-refractivity contribution in [3.05, 3.63) is 45.6 Å². The van der Waals surface area contributed by atoms with E-state index in [1.165, 1.54) is 34.1 Å². The number of rotatable bonds is 2. The highest BCUT2D eigenvalue weighted by molar-refractivity contribution is 14.1. The molecule has 0 radical (unpaired) electrons. The zero-order chi connectivity index (χ0) is 12.4. The highest BCUT2D eigenvalue weighted by Gasteiger charge is 2.30. The zero-order valence-electron chi connectivity index (χ0n) is 10.3. The molecule has 0 amide bonds. The summed E-state index contributed by atoms with van der Waals surface area (Å²) in [6.45, 7) is 1.000. The van der Waals surface area contributed by atoms with Gasteiger partial charge in [-0.05, 0) is 65.5 Å². The number of hydrogen-bond donors (Lipinski definition) is 1. The Morgan fingerprint density at radius 1 is 1.17 bits per heavy atom. The highest BCUT2D eigenvalue weighted by Crippen LogP contribution is 2.30. The standard InChI is InChI=1S/C15H17IN2/c16-13-8-6-12(7-9-13)15-14(10-17-18-15)11-4-2-1-3-5-11/h1-2,6-9,11,14,17H,3-5,10H2. The molecule has 0 saturated heterocycles. The van der Waals surface area contributed by atoms with Gasteiger partial charge in [-0.15, -0.1) is 0 Å². The largest absolute Gasteiger partial charge is 0.309 e. The third-order valence-corrected chi connectivity index (χ3v) is 4.60. The van der Waals surface area contributed by atoms with Crippen molar-refractivity contribution < 1.29 is 0 Å². The lowest BCUT2D eigenvalue weighted by Gasteiger charge is -2.25. The normalized spacial score (nSPS) is 26.8. The van der Waals surface area contributed by atoms with Gasteiger partial charge in [-0.25, -0.2) is 0 Å². The SMILES string of the molecule is Ic1ccc(C2=NNCC2C2CC=CCC2)cc1. The second-order valence-electron chi connectivity index (χ2n) is 5.02. The fourth-order valence-corrected chi connectivity index (χ4v) is 3.24. The van der Waals surface area contributed by atoms with Crippen molar-refractivity contribution in [3.8, 4) is 0 Å². The number of halogens is 1. The number of nitrogens with zero attached hydrogens (tertiary/aromatic N) is 1. The van der Waals surface area contributed by atoms with E-state index in [4.69, 9.17) is 0 Å². The van der Waals surface area contributed by atoms with E-state index in [9.17, 15) is 0 Å². The van der Waals surface area contributed by atoms with Crippen molar-refractivity contribution >= 4 is 28.3 Å². The third kappa shape index (κ3) is 2.46. The molecule has 2 nitrogen and oxygen atoms in total. The van der Waals surface area contributed by atoms with Crippen LogP contribution in [0.5, 0.6) is 0 Å². The van der Waals surface area contributed by atoms with Crippen LogP contribution in [0, 0.1) is 15.4 Å². The molecular formula is C15H17IN2. The van der Waals surface area contributed by atoms with Gasteiger partial charge in [-0.3, -0.25) is 0 Å². The Bertz CT molecular complexity index is 476. The summed E-state index contributed by atoms with van der Waals surface area (Å²) in [5, 5.41) is 4.53. The minimum Gasteiger partial charge on any atom is -0.309 e. The molecule has 3 heteroatoms. The first-order chi connectivity index (χ1) is 8.84. The van der Waals surface area contributed by atoms with E-state index in [2.05, 4.69) is 69.5 Å². The molecule has 3 rings (SSSR count). The van der Waals surface area contributed by atoms with Crippen molar-refractivity contribution in [1.82, 2.24) is 5.43 Å². The maximum Gasteiger partial charge on any atom is 0.0727 e. The molecule has 1 aliphatic heterocycles. The van der Waals surface area contributed by atoms with E-state index < -0.39 is 0 Å². The molecule has 1 aliphatic carbocycles. The molecule has 1 heterocycles. The summed E-state index contributed by atoms with van der Waals surface area (Å²) in [7, 11) is 0. The first-order valence-electron chi connectivity index (χ1n) is 6.56. The van der Waals surface area contributed by atoms with Crippen LogP contribution in [0.2, 0.25) is 0 Å². The number of nitrogens with one attached hydrogen (secondary N) is 1. The molecule has 18 heavy (non-hydrogen) atoms. The van der Waals surface area contributed by atoms with Gasteiger partial charge >= 0.3 is 0 Å². The second kappa shape index (κ2) is 5.43. The van der Waals surface area contributed by atoms with E-state index in [0.717, 1.165) is 12.5 Å². The number of benzene rings is 1.